The van der Waals surface area contributed by atoms with Crippen LogP contribution in [-0.2, 0) is 16.1 Å². The molecular weight excluding hydrogens is 234 g/mol. The van der Waals surface area contributed by atoms with Crippen LogP contribution in [-0.4, -0.2) is 18.1 Å². The van der Waals surface area contributed by atoms with E-state index in [9.17, 15) is 4.79 Å². The molecule has 0 saturated carbocycles. The third kappa shape index (κ3) is 2.75. The van der Waals surface area contributed by atoms with Crippen LogP contribution in [0.1, 0.15) is 12.5 Å². The fourth-order valence-electron chi connectivity index (χ4n) is 1.61. The van der Waals surface area contributed by atoms with Crippen LogP contribution in [0.4, 0.5) is 0 Å². The Morgan fingerprint density at radius 1 is 1.44 bits per heavy atom. The number of carbonyl (C=O) groups excluding carboxylic acids is 1. The maximum Gasteiger partial charge on any atom is 0.309 e. The minimum atomic E-state index is -0.432. The normalized spacial score (nSPS) is 10.3. The summed E-state index contributed by atoms with van der Waals surface area (Å²) in [4.78, 5) is 14.8. The van der Waals surface area contributed by atoms with E-state index in [1.54, 1.807) is 7.11 Å². The van der Waals surface area contributed by atoms with Crippen molar-refractivity contribution in [3.8, 4) is 17.2 Å². The van der Waals surface area contributed by atoms with E-state index in [4.69, 9.17) is 13.9 Å². The third-order valence-electron chi connectivity index (χ3n) is 2.28. The van der Waals surface area contributed by atoms with Crippen molar-refractivity contribution in [3.05, 3.63) is 36.2 Å². The van der Waals surface area contributed by atoms with Crippen LogP contribution >= 0.6 is 0 Å². The number of carbonyl (C=O) groups is 1. The van der Waals surface area contributed by atoms with Gasteiger partial charge in [-0.1, -0.05) is 18.2 Å². The molecule has 1 aromatic heterocycles. The molecule has 0 N–H and O–H groups in total. The van der Waals surface area contributed by atoms with E-state index in [-0.39, 0.29) is 5.88 Å². The first-order valence-electron chi connectivity index (χ1n) is 5.41. The molecular formula is C13H13NO4. The van der Waals surface area contributed by atoms with Crippen LogP contribution in [0.25, 0.3) is 11.3 Å². The zero-order valence-electron chi connectivity index (χ0n) is 10.2. The molecule has 2 aromatic rings. The Morgan fingerprint density at radius 2 is 2.28 bits per heavy atom. The summed E-state index contributed by atoms with van der Waals surface area (Å²) in [6.07, 6.45) is 1.25. The molecule has 2 rings (SSSR count). The molecule has 0 aliphatic rings. The van der Waals surface area contributed by atoms with E-state index >= 15 is 0 Å². The van der Waals surface area contributed by atoms with Gasteiger partial charge in [-0.05, 0) is 11.6 Å². The zero-order valence-corrected chi connectivity index (χ0v) is 10.2. The average molecular weight is 247 g/mol. The van der Waals surface area contributed by atoms with Crippen molar-refractivity contribution < 1.29 is 18.7 Å². The number of benzene rings is 1. The summed E-state index contributed by atoms with van der Waals surface area (Å²) >= 11 is 0. The highest BCUT2D eigenvalue weighted by Gasteiger charge is 2.14. The summed E-state index contributed by atoms with van der Waals surface area (Å²) in [6.45, 7) is 1.82. The van der Waals surface area contributed by atoms with Crippen molar-refractivity contribution in [2.45, 2.75) is 13.5 Å². The molecule has 5 nitrogen and oxygen atoms in total. The number of ether oxygens (including phenoxy) is 2. The van der Waals surface area contributed by atoms with E-state index < -0.39 is 5.97 Å². The number of hydrogen-bond donors (Lipinski definition) is 0. The van der Waals surface area contributed by atoms with Gasteiger partial charge in [0, 0.05) is 19.6 Å². The Kier molecular flexibility index (Phi) is 3.74. The molecule has 1 heterocycles. The average Bonchev–Trinajstić information content (AvgIpc) is 2.77. The lowest BCUT2D eigenvalue weighted by Gasteiger charge is -2.03. The second-order valence-corrected chi connectivity index (χ2v) is 3.71. The van der Waals surface area contributed by atoms with Gasteiger partial charge in [0.1, 0.15) is 0 Å². The molecule has 94 valence electrons. The minimum absolute atomic E-state index is 0.178. The Bertz CT molecular complexity index is 547. The molecule has 0 amide bonds. The highest BCUT2D eigenvalue weighted by atomic mass is 16.6. The van der Waals surface area contributed by atoms with Crippen LogP contribution < -0.4 is 4.74 Å². The largest absolute Gasteiger partial charge is 0.439 e. The third-order valence-corrected chi connectivity index (χ3v) is 2.28. The summed E-state index contributed by atoms with van der Waals surface area (Å²) in [7, 11) is 1.63. The van der Waals surface area contributed by atoms with Gasteiger partial charge < -0.3 is 13.9 Å². The Hall–Kier alpha value is -2.14. The SMILES string of the molecule is COCc1cccc(-c2ocnc2OC(C)=O)c1. The van der Waals surface area contributed by atoms with Gasteiger partial charge in [0.05, 0.1) is 6.61 Å². The fraction of sp³-hybridized carbons (Fsp3) is 0.231. The van der Waals surface area contributed by atoms with Crippen molar-refractivity contribution in [2.24, 2.45) is 0 Å². The van der Waals surface area contributed by atoms with Crippen molar-refractivity contribution in [1.29, 1.82) is 0 Å². The predicted molar refractivity (Wildman–Crippen MR) is 64.0 cm³/mol. The first-order valence-corrected chi connectivity index (χ1v) is 5.41. The first-order chi connectivity index (χ1) is 8.70. The Labute approximate surface area is 104 Å². The molecule has 0 radical (unpaired) electrons. The lowest BCUT2D eigenvalue weighted by Crippen LogP contribution is -2.02. The van der Waals surface area contributed by atoms with Crippen molar-refractivity contribution >= 4 is 5.97 Å². The first kappa shape index (κ1) is 12.3. The smallest absolute Gasteiger partial charge is 0.309 e. The van der Waals surface area contributed by atoms with E-state index in [0.717, 1.165) is 11.1 Å². The molecule has 0 unspecified atom stereocenters. The highest BCUT2D eigenvalue weighted by molar-refractivity contribution is 5.72. The summed E-state index contributed by atoms with van der Waals surface area (Å²) in [5.74, 6) is 0.179. The molecule has 0 fully saturated rings. The van der Waals surface area contributed by atoms with Gasteiger partial charge in [-0.2, -0.15) is 4.98 Å². The van der Waals surface area contributed by atoms with Crippen molar-refractivity contribution in [1.82, 2.24) is 4.98 Å². The second-order valence-electron chi connectivity index (χ2n) is 3.71. The number of aromatic nitrogens is 1. The van der Waals surface area contributed by atoms with Gasteiger partial charge in [0.2, 0.25) is 0 Å². The molecule has 0 aliphatic heterocycles. The summed E-state index contributed by atoms with van der Waals surface area (Å²) in [6, 6.07) is 7.57. The van der Waals surface area contributed by atoms with Crippen LogP contribution in [0.5, 0.6) is 5.88 Å². The summed E-state index contributed by atoms with van der Waals surface area (Å²) < 4.78 is 15.3. The van der Waals surface area contributed by atoms with Gasteiger partial charge in [0.15, 0.2) is 12.2 Å². The topological polar surface area (TPSA) is 61.6 Å². The summed E-state index contributed by atoms with van der Waals surface area (Å²) in [5.41, 5.74) is 1.79. The van der Waals surface area contributed by atoms with Crippen molar-refractivity contribution in [2.75, 3.05) is 7.11 Å². The molecule has 0 aliphatic carbocycles. The fourth-order valence-corrected chi connectivity index (χ4v) is 1.61. The van der Waals surface area contributed by atoms with E-state index in [2.05, 4.69) is 4.98 Å². The van der Waals surface area contributed by atoms with Crippen LogP contribution in [0.15, 0.2) is 35.1 Å². The molecule has 1 aromatic carbocycles. The number of methoxy groups -OCH3 is 1. The summed E-state index contributed by atoms with van der Waals surface area (Å²) in [5, 5.41) is 0. The lowest BCUT2D eigenvalue weighted by atomic mass is 10.1. The van der Waals surface area contributed by atoms with E-state index in [1.807, 2.05) is 24.3 Å². The minimum Gasteiger partial charge on any atom is -0.439 e. The second kappa shape index (κ2) is 5.46. The number of rotatable bonds is 4. The molecule has 5 heteroatoms. The number of nitrogens with zero attached hydrogens (tertiary/aromatic N) is 1. The molecule has 0 spiro atoms. The molecule has 0 saturated heterocycles. The quantitative estimate of drug-likeness (QED) is 0.776. The van der Waals surface area contributed by atoms with E-state index in [1.165, 1.54) is 13.3 Å². The van der Waals surface area contributed by atoms with Crippen LogP contribution in [0.2, 0.25) is 0 Å². The zero-order chi connectivity index (χ0) is 13.0. The Morgan fingerprint density at radius 3 is 3.00 bits per heavy atom. The predicted octanol–water partition coefficient (Wildman–Crippen LogP) is 2.41. The van der Waals surface area contributed by atoms with E-state index in [0.29, 0.717) is 12.4 Å². The lowest BCUT2D eigenvalue weighted by molar-refractivity contribution is -0.132. The van der Waals surface area contributed by atoms with Crippen LogP contribution in [0, 0.1) is 0 Å². The molecule has 0 atom stereocenters. The van der Waals surface area contributed by atoms with Gasteiger partial charge in [0.25, 0.3) is 5.88 Å². The maximum atomic E-state index is 10.9. The van der Waals surface area contributed by atoms with Gasteiger partial charge >= 0.3 is 5.97 Å². The van der Waals surface area contributed by atoms with Crippen LogP contribution in [0.3, 0.4) is 0 Å². The van der Waals surface area contributed by atoms with Gasteiger partial charge in [-0.3, -0.25) is 4.79 Å². The maximum absolute atomic E-state index is 10.9. The van der Waals surface area contributed by atoms with Crippen molar-refractivity contribution in [3.63, 3.8) is 0 Å². The van der Waals surface area contributed by atoms with Gasteiger partial charge in [-0.15, -0.1) is 0 Å². The standard InChI is InChI=1S/C13H13NO4/c1-9(15)18-13-12(17-8-14-13)11-5-3-4-10(6-11)7-16-2/h3-6,8H,7H2,1-2H3. The number of hydrogen-bond acceptors (Lipinski definition) is 5. The monoisotopic (exact) mass is 247 g/mol. The van der Waals surface area contributed by atoms with Gasteiger partial charge in [-0.25, -0.2) is 0 Å². The molecule has 18 heavy (non-hydrogen) atoms. The number of oxazole rings is 1. The molecule has 0 bridgehead atoms. The number of esters is 1. The highest BCUT2D eigenvalue weighted by Crippen LogP contribution is 2.29. The Balaban J connectivity index is 2.33.